The Morgan fingerprint density at radius 3 is 2.09 bits per heavy atom. The molecule has 0 aromatic rings. The van der Waals surface area contributed by atoms with Gasteiger partial charge in [0.15, 0.2) is 5.79 Å². The summed E-state index contributed by atoms with van der Waals surface area (Å²) in [4.78, 5) is 0. The van der Waals surface area contributed by atoms with Crippen molar-refractivity contribution in [2.24, 2.45) is 5.73 Å². The highest BCUT2D eigenvalue weighted by atomic mass is 16.8. The van der Waals surface area contributed by atoms with Crippen LogP contribution in [0, 0.1) is 0 Å². The summed E-state index contributed by atoms with van der Waals surface area (Å²) in [7, 11) is 0. The molecule has 64 valence electrons. The summed E-state index contributed by atoms with van der Waals surface area (Å²) < 4.78 is 11.3. The zero-order valence-electron chi connectivity index (χ0n) is 7.04. The molecule has 2 aliphatic rings. The van der Waals surface area contributed by atoms with Crippen LogP contribution >= 0.6 is 0 Å². The van der Waals surface area contributed by atoms with E-state index in [-0.39, 0.29) is 24.0 Å². The molecular formula is C8H15NO2. The zero-order valence-corrected chi connectivity index (χ0v) is 7.04. The molecule has 0 aromatic heterocycles. The lowest BCUT2D eigenvalue weighted by molar-refractivity contribution is -0.151. The molecular weight excluding hydrogens is 142 g/mol. The van der Waals surface area contributed by atoms with Crippen LogP contribution in [-0.4, -0.2) is 24.0 Å². The van der Waals surface area contributed by atoms with Gasteiger partial charge < -0.3 is 15.2 Å². The van der Waals surface area contributed by atoms with Gasteiger partial charge in [-0.25, -0.2) is 0 Å². The SMILES string of the molecule is CC1(C)OC2C[C@@H](N)C[C@@H]2O1. The Morgan fingerprint density at radius 1 is 1.18 bits per heavy atom. The Kier molecular flexibility index (Phi) is 1.50. The first-order valence-electron chi connectivity index (χ1n) is 4.18. The number of fused-ring (bicyclic) bond motifs is 1. The molecule has 3 heteroatoms. The van der Waals surface area contributed by atoms with Gasteiger partial charge in [0, 0.05) is 6.04 Å². The van der Waals surface area contributed by atoms with Gasteiger partial charge in [-0.15, -0.1) is 0 Å². The van der Waals surface area contributed by atoms with Gasteiger partial charge in [-0.05, 0) is 26.7 Å². The third-order valence-corrected chi connectivity index (χ3v) is 2.36. The molecule has 0 spiro atoms. The van der Waals surface area contributed by atoms with E-state index >= 15 is 0 Å². The van der Waals surface area contributed by atoms with Crippen LogP contribution in [0.15, 0.2) is 0 Å². The Labute approximate surface area is 66.8 Å². The highest BCUT2D eigenvalue weighted by Crippen LogP contribution is 2.37. The maximum absolute atomic E-state index is 5.75. The largest absolute Gasteiger partial charge is 0.345 e. The van der Waals surface area contributed by atoms with Gasteiger partial charge >= 0.3 is 0 Å². The number of nitrogens with two attached hydrogens (primary N) is 1. The average Bonchev–Trinajstić information content (AvgIpc) is 2.17. The Morgan fingerprint density at radius 2 is 1.64 bits per heavy atom. The smallest absolute Gasteiger partial charge is 0.163 e. The molecule has 1 aliphatic carbocycles. The summed E-state index contributed by atoms with van der Waals surface area (Å²) in [5.74, 6) is -0.379. The topological polar surface area (TPSA) is 44.5 Å². The van der Waals surface area contributed by atoms with E-state index in [1.807, 2.05) is 13.8 Å². The zero-order chi connectivity index (χ0) is 8.06. The van der Waals surface area contributed by atoms with Crippen LogP contribution in [0.1, 0.15) is 26.7 Å². The Bertz CT molecular complexity index is 153. The van der Waals surface area contributed by atoms with Crippen molar-refractivity contribution in [1.82, 2.24) is 0 Å². The third-order valence-electron chi connectivity index (χ3n) is 2.36. The number of rotatable bonds is 0. The van der Waals surface area contributed by atoms with Crippen molar-refractivity contribution in [3.8, 4) is 0 Å². The first-order valence-corrected chi connectivity index (χ1v) is 4.18. The molecule has 2 fully saturated rings. The van der Waals surface area contributed by atoms with Crippen molar-refractivity contribution in [3.05, 3.63) is 0 Å². The number of ether oxygens (including phenoxy) is 2. The lowest BCUT2D eigenvalue weighted by atomic mass is 10.3. The molecule has 3 atom stereocenters. The van der Waals surface area contributed by atoms with Crippen molar-refractivity contribution in [2.45, 2.75) is 50.7 Å². The molecule has 0 aromatic carbocycles. The Hall–Kier alpha value is -0.120. The lowest BCUT2D eigenvalue weighted by Crippen LogP contribution is -2.26. The standard InChI is InChI=1S/C8H15NO2/c1-8(2)10-6-3-5(9)4-7(6)11-8/h5-7H,3-4,9H2,1-2H3/t5-,6-,7?/m0/s1. The van der Waals surface area contributed by atoms with Crippen LogP contribution in [0.2, 0.25) is 0 Å². The van der Waals surface area contributed by atoms with Crippen molar-refractivity contribution in [1.29, 1.82) is 0 Å². The first-order chi connectivity index (χ1) is 5.07. The molecule has 1 saturated carbocycles. The summed E-state index contributed by atoms with van der Waals surface area (Å²) >= 11 is 0. The molecule has 1 aliphatic heterocycles. The van der Waals surface area contributed by atoms with Crippen LogP contribution in [0.4, 0.5) is 0 Å². The molecule has 0 amide bonds. The van der Waals surface area contributed by atoms with Crippen molar-refractivity contribution in [2.75, 3.05) is 0 Å². The van der Waals surface area contributed by atoms with E-state index in [4.69, 9.17) is 15.2 Å². The molecule has 1 heterocycles. The molecule has 0 radical (unpaired) electrons. The number of hydrogen-bond donors (Lipinski definition) is 1. The lowest BCUT2D eigenvalue weighted by Gasteiger charge is -2.19. The molecule has 2 N–H and O–H groups in total. The second-order valence-corrected chi connectivity index (χ2v) is 3.94. The van der Waals surface area contributed by atoms with Crippen molar-refractivity contribution >= 4 is 0 Å². The van der Waals surface area contributed by atoms with Gasteiger partial charge in [-0.1, -0.05) is 0 Å². The van der Waals surface area contributed by atoms with Crippen LogP contribution in [0.5, 0.6) is 0 Å². The van der Waals surface area contributed by atoms with E-state index in [2.05, 4.69) is 0 Å². The summed E-state index contributed by atoms with van der Waals surface area (Å²) in [5.41, 5.74) is 5.75. The summed E-state index contributed by atoms with van der Waals surface area (Å²) in [5, 5.41) is 0. The highest BCUT2D eigenvalue weighted by Gasteiger charge is 2.46. The highest BCUT2D eigenvalue weighted by molar-refractivity contribution is 4.92. The summed E-state index contributed by atoms with van der Waals surface area (Å²) in [6.45, 7) is 3.91. The minimum Gasteiger partial charge on any atom is -0.345 e. The second-order valence-electron chi connectivity index (χ2n) is 3.94. The predicted octanol–water partition coefficient (Wildman–Crippen LogP) is 0.628. The van der Waals surface area contributed by atoms with E-state index in [1.54, 1.807) is 0 Å². The average molecular weight is 157 g/mol. The van der Waals surface area contributed by atoms with Gasteiger partial charge in [-0.3, -0.25) is 0 Å². The van der Waals surface area contributed by atoms with Crippen molar-refractivity contribution < 1.29 is 9.47 Å². The fourth-order valence-corrected chi connectivity index (χ4v) is 2.00. The molecule has 11 heavy (non-hydrogen) atoms. The van der Waals surface area contributed by atoms with E-state index in [0.29, 0.717) is 0 Å². The maximum atomic E-state index is 5.75. The quantitative estimate of drug-likeness (QED) is 0.561. The van der Waals surface area contributed by atoms with Gasteiger partial charge in [0.25, 0.3) is 0 Å². The monoisotopic (exact) mass is 157 g/mol. The van der Waals surface area contributed by atoms with Crippen LogP contribution < -0.4 is 5.73 Å². The first kappa shape index (κ1) is 7.53. The second kappa shape index (κ2) is 2.19. The van der Waals surface area contributed by atoms with Gasteiger partial charge in [0.1, 0.15) is 0 Å². The van der Waals surface area contributed by atoms with Gasteiger partial charge in [-0.2, -0.15) is 0 Å². The summed E-state index contributed by atoms with van der Waals surface area (Å²) in [6, 6.07) is 0.279. The van der Waals surface area contributed by atoms with Gasteiger partial charge in [0.05, 0.1) is 12.2 Å². The fraction of sp³-hybridized carbons (Fsp3) is 1.00. The predicted molar refractivity (Wildman–Crippen MR) is 41.0 cm³/mol. The fourth-order valence-electron chi connectivity index (χ4n) is 2.00. The van der Waals surface area contributed by atoms with Crippen LogP contribution in [0.3, 0.4) is 0 Å². The van der Waals surface area contributed by atoms with Gasteiger partial charge in [0.2, 0.25) is 0 Å². The molecule has 2 rings (SSSR count). The Balaban J connectivity index is 2.04. The van der Waals surface area contributed by atoms with E-state index < -0.39 is 0 Å². The van der Waals surface area contributed by atoms with Crippen LogP contribution in [-0.2, 0) is 9.47 Å². The van der Waals surface area contributed by atoms with Crippen molar-refractivity contribution in [3.63, 3.8) is 0 Å². The molecule has 1 unspecified atom stereocenters. The normalized spacial score (nSPS) is 47.7. The maximum Gasteiger partial charge on any atom is 0.163 e. The van der Waals surface area contributed by atoms with Crippen LogP contribution in [0.25, 0.3) is 0 Å². The minimum atomic E-state index is -0.379. The molecule has 3 nitrogen and oxygen atoms in total. The summed E-state index contributed by atoms with van der Waals surface area (Å²) in [6.07, 6.45) is 2.40. The third kappa shape index (κ3) is 1.28. The number of hydrogen-bond acceptors (Lipinski definition) is 3. The minimum absolute atomic E-state index is 0.250. The molecule has 0 bridgehead atoms. The van der Waals surface area contributed by atoms with E-state index in [9.17, 15) is 0 Å². The molecule has 1 saturated heterocycles. The van der Waals surface area contributed by atoms with E-state index in [0.717, 1.165) is 12.8 Å². The van der Waals surface area contributed by atoms with E-state index in [1.165, 1.54) is 0 Å².